The molecule has 0 fully saturated rings. The number of hydrogen-bond acceptors (Lipinski definition) is 9. The van der Waals surface area contributed by atoms with Crippen LogP contribution in [0.25, 0.3) is 22.5 Å². The summed E-state index contributed by atoms with van der Waals surface area (Å²) in [4.78, 5) is 20.1. The number of aliphatic imine (C=N–C) groups is 1. The van der Waals surface area contributed by atoms with Gasteiger partial charge in [-0.05, 0) is 36.5 Å². The molecule has 0 bridgehead atoms. The first-order valence-corrected chi connectivity index (χ1v) is 9.48. The van der Waals surface area contributed by atoms with Gasteiger partial charge in [-0.1, -0.05) is 0 Å². The van der Waals surface area contributed by atoms with E-state index in [4.69, 9.17) is 5.73 Å². The molecule has 0 unspecified atom stereocenters. The van der Waals surface area contributed by atoms with Crippen molar-refractivity contribution in [3.8, 4) is 22.5 Å². The Morgan fingerprint density at radius 3 is 1.88 bits per heavy atom. The lowest BCUT2D eigenvalue weighted by Crippen LogP contribution is -1.82. The Labute approximate surface area is 163 Å². The van der Waals surface area contributed by atoms with E-state index in [1.807, 2.05) is 35.0 Å². The van der Waals surface area contributed by atoms with E-state index in [-0.39, 0.29) is 0 Å². The number of isothiocyanates is 1. The highest BCUT2D eigenvalue weighted by molar-refractivity contribution is 7.78. The molecule has 26 heavy (non-hydrogen) atoms. The third-order valence-corrected chi connectivity index (χ3v) is 4.61. The molecular formula is C17H12N6S3. The predicted molar refractivity (Wildman–Crippen MR) is 110 cm³/mol. The Bertz CT molecular complexity index is 1010. The van der Waals surface area contributed by atoms with Crippen LogP contribution >= 0.6 is 34.9 Å². The zero-order chi connectivity index (χ0) is 18.2. The van der Waals surface area contributed by atoms with Crippen molar-refractivity contribution in [1.82, 2.24) is 19.9 Å². The number of thiazole rings is 2. The summed E-state index contributed by atoms with van der Waals surface area (Å²) in [5.74, 6) is 0. The lowest BCUT2D eigenvalue weighted by molar-refractivity contribution is 1.31. The van der Waals surface area contributed by atoms with Gasteiger partial charge in [-0.3, -0.25) is 9.97 Å². The molecule has 128 valence electrons. The van der Waals surface area contributed by atoms with Gasteiger partial charge in [0.25, 0.3) is 0 Å². The number of anilines is 1. The highest BCUT2D eigenvalue weighted by atomic mass is 32.1. The van der Waals surface area contributed by atoms with Crippen LogP contribution in [0.4, 0.5) is 10.3 Å². The summed E-state index contributed by atoms with van der Waals surface area (Å²) >= 11 is 7.39. The number of nitrogen functional groups attached to an aromatic ring is 1. The molecule has 2 N–H and O–H groups in total. The molecule has 4 aromatic heterocycles. The molecule has 0 aromatic carbocycles. The van der Waals surface area contributed by atoms with Gasteiger partial charge in [0.05, 0.1) is 16.5 Å². The first-order chi connectivity index (χ1) is 12.8. The van der Waals surface area contributed by atoms with E-state index >= 15 is 0 Å². The molecule has 0 spiro atoms. The molecule has 9 heteroatoms. The normalized spacial score (nSPS) is 9.69. The van der Waals surface area contributed by atoms with Crippen LogP contribution in [0.3, 0.4) is 0 Å². The topological polar surface area (TPSA) is 89.9 Å². The van der Waals surface area contributed by atoms with Crippen LogP contribution in [0.5, 0.6) is 0 Å². The van der Waals surface area contributed by atoms with Gasteiger partial charge >= 0.3 is 0 Å². The van der Waals surface area contributed by atoms with Gasteiger partial charge in [-0.25, -0.2) is 9.97 Å². The lowest BCUT2D eigenvalue weighted by atomic mass is 10.2. The highest BCUT2D eigenvalue weighted by Crippen LogP contribution is 2.25. The average Bonchev–Trinajstić information content (AvgIpc) is 3.33. The Hall–Kier alpha value is -2.84. The fourth-order valence-corrected chi connectivity index (χ4v) is 3.32. The summed E-state index contributed by atoms with van der Waals surface area (Å²) in [5.41, 5.74) is 9.40. The summed E-state index contributed by atoms with van der Waals surface area (Å²) in [6.45, 7) is 0. The molecule has 6 nitrogen and oxygen atoms in total. The Morgan fingerprint density at radius 1 is 0.846 bits per heavy atom. The maximum Gasteiger partial charge on any atom is 0.218 e. The molecule has 0 radical (unpaired) electrons. The van der Waals surface area contributed by atoms with Crippen LogP contribution in [0, 0.1) is 0 Å². The van der Waals surface area contributed by atoms with Crippen LogP contribution in [-0.2, 0) is 0 Å². The van der Waals surface area contributed by atoms with Crippen molar-refractivity contribution in [2.24, 2.45) is 4.99 Å². The van der Waals surface area contributed by atoms with Crippen LogP contribution in [0.2, 0.25) is 0 Å². The minimum atomic E-state index is 0.599. The zero-order valence-electron chi connectivity index (χ0n) is 13.3. The van der Waals surface area contributed by atoms with Gasteiger partial charge in [0.2, 0.25) is 5.13 Å². The van der Waals surface area contributed by atoms with Crippen molar-refractivity contribution >= 4 is 50.3 Å². The Balaban J connectivity index is 0.000000152. The molecule has 4 heterocycles. The van der Waals surface area contributed by atoms with Crippen molar-refractivity contribution in [3.05, 3.63) is 59.8 Å². The fraction of sp³-hybridized carbons (Fsp3) is 0. The van der Waals surface area contributed by atoms with Gasteiger partial charge in [-0.15, -0.1) is 22.7 Å². The quantitative estimate of drug-likeness (QED) is 0.398. The minimum Gasteiger partial charge on any atom is -0.375 e. The molecular weight excluding hydrogens is 384 g/mol. The van der Waals surface area contributed by atoms with Crippen molar-refractivity contribution in [3.63, 3.8) is 0 Å². The number of nitrogens with zero attached hydrogens (tertiary/aromatic N) is 5. The number of nitrogens with two attached hydrogens (primary N) is 1. The monoisotopic (exact) mass is 396 g/mol. The second-order valence-electron chi connectivity index (χ2n) is 4.76. The van der Waals surface area contributed by atoms with E-state index in [0.29, 0.717) is 10.3 Å². The SMILES string of the molecule is Nc1nc(-c2ccncc2)cs1.S=C=Nc1nc(-c2ccncc2)cs1. The average molecular weight is 397 g/mol. The molecule has 4 aromatic rings. The van der Waals surface area contributed by atoms with Gasteiger partial charge in [0.15, 0.2) is 5.13 Å². The Morgan fingerprint density at radius 2 is 1.38 bits per heavy atom. The number of rotatable bonds is 3. The van der Waals surface area contributed by atoms with Crippen LogP contribution in [0.15, 0.2) is 64.8 Å². The summed E-state index contributed by atoms with van der Waals surface area (Å²) in [6, 6.07) is 7.63. The maximum atomic E-state index is 5.51. The smallest absolute Gasteiger partial charge is 0.218 e. The molecule has 0 aliphatic carbocycles. The van der Waals surface area contributed by atoms with E-state index in [2.05, 4.69) is 42.3 Å². The summed E-state index contributed by atoms with van der Waals surface area (Å²) in [6.07, 6.45) is 6.95. The van der Waals surface area contributed by atoms with Crippen LogP contribution in [-0.4, -0.2) is 25.1 Å². The first kappa shape index (κ1) is 18.0. The van der Waals surface area contributed by atoms with Crippen molar-refractivity contribution in [2.75, 3.05) is 5.73 Å². The van der Waals surface area contributed by atoms with Crippen molar-refractivity contribution < 1.29 is 0 Å². The minimum absolute atomic E-state index is 0.599. The lowest BCUT2D eigenvalue weighted by Gasteiger charge is -1.92. The maximum absolute atomic E-state index is 5.51. The van der Waals surface area contributed by atoms with Gasteiger partial charge in [-0.2, -0.15) is 4.99 Å². The van der Waals surface area contributed by atoms with Gasteiger partial charge < -0.3 is 5.73 Å². The summed E-state index contributed by atoms with van der Waals surface area (Å²) in [5, 5.41) is 7.39. The molecule has 0 saturated carbocycles. The fourth-order valence-electron chi connectivity index (χ4n) is 1.95. The van der Waals surface area contributed by atoms with Crippen molar-refractivity contribution in [2.45, 2.75) is 0 Å². The van der Waals surface area contributed by atoms with E-state index in [1.54, 1.807) is 24.8 Å². The number of aromatic nitrogens is 4. The van der Waals surface area contributed by atoms with Crippen LogP contribution < -0.4 is 5.73 Å². The predicted octanol–water partition coefficient (Wildman–Crippen LogP) is 4.73. The largest absolute Gasteiger partial charge is 0.375 e. The number of pyridine rings is 2. The van der Waals surface area contributed by atoms with E-state index in [0.717, 1.165) is 22.5 Å². The van der Waals surface area contributed by atoms with Gasteiger partial charge in [0.1, 0.15) is 0 Å². The van der Waals surface area contributed by atoms with Gasteiger partial charge in [0, 0.05) is 46.7 Å². The number of thiocarbonyl (C=S) groups is 1. The standard InChI is InChI=1S/C9H5N3S2.C8H7N3S/c13-6-11-9-12-8(5-14-9)7-1-3-10-4-2-7;9-8-11-7(5-12-8)6-1-3-10-4-2-6/h1-5H;1-5H,(H2,9,11). The number of hydrogen-bond donors (Lipinski definition) is 1. The Kier molecular flexibility index (Phi) is 6.24. The molecule has 0 amide bonds. The molecule has 4 rings (SSSR count). The molecule has 0 saturated heterocycles. The second kappa shape index (κ2) is 9.02. The van der Waals surface area contributed by atoms with E-state index < -0.39 is 0 Å². The summed E-state index contributed by atoms with van der Waals surface area (Å²) in [7, 11) is 0. The third kappa shape index (κ3) is 4.84. The van der Waals surface area contributed by atoms with E-state index in [9.17, 15) is 0 Å². The van der Waals surface area contributed by atoms with Crippen molar-refractivity contribution in [1.29, 1.82) is 0 Å². The first-order valence-electron chi connectivity index (χ1n) is 7.31. The molecule has 0 aliphatic rings. The second-order valence-corrected chi connectivity index (χ2v) is 6.67. The zero-order valence-corrected chi connectivity index (χ0v) is 15.8. The summed E-state index contributed by atoms with van der Waals surface area (Å²) < 4.78 is 0. The molecule has 0 atom stereocenters. The van der Waals surface area contributed by atoms with Crippen LogP contribution in [0.1, 0.15) is 0 Å². The van der Waals surface area contributed by atoms with E-state index in [1.165, 1.54) is 22.7 Å². The molecule has 0 aliphatic heterocycles. The highest BCUT2D eigenvalue weighted by Gasteiger charge is 2.02. The third-order valence-electron chi connectivity index (χ3n) is 3.11.